The molecule has 0 fully saturated rings. The average molecular weight is 950 g/mol. The third kappa shape index (κ3) is 7.20. The van der Waals surface area contributed by atoms with Gasteiger partial charge in [0.05, 0.1) is 16.8 Å². The Morgan fingerprint density at radius 2 is 0.703 bits per heavy atom. The number of fused-ring (bicyclic) bond motifs is 11. The molecule has 0 saturated carbocycles. The second-order valence-corrected chi connectivity index (χ2v) is 22.4. The van der Waals surface area contributed by atoms with Gasteiger partial charge in [0.2, 0.25) is 0 Å². The summed E-state index contributed by atoms with van der Waals surface area (Å²) >= 11 is 0. The predicted molar refractivity (Wildman–Crippen MR) is 314 cm³/mol. The molecule has 0 N–H and O–H groups in total. The minimum atomic E-state index is -0.562. The van der Waals surface area contributed by atoms with Crippen LogP contribution in [0, 0.1) is 0 Å². The zero-order chi connectivity index (χ0) is 50.3. The number of nitrogens with zero attached hydrogens (tertiary/aromatic N) is 1. The van der Waals surface area contributed by atoms with E-state index in [0.29, 0.717) is 0 Å². The molecule has 0 aromatic heterocycles. The molecule has 1 nitrogen and oxygen atoms in total. The summed E-state index contributed by atoms with van der Waals surface area (Å²) in [6.07, 6.45) is 0. The third-order valence-electron chi connectivity index (χ3n) is 16.0. The molecule has 0 bridgehead atoms. The minimum Gasteiger partial charge on any atom is -0.309 e. The van der Waals surface area contributed by atoms with Crippen molar-refractivity contribution in [3.63, 3.8) is 0 Å². The molecule has 2 aliphatic carbocycles. The van der Waals surface area contributed by atoms with E-state index in [2.05, 4.69) is 295 Å². The predicted octanol–water partition coefficient (Wildman–Crippen LogP) is 19.9. The minimum absolute atomic E-state index is 0.0458. The molecule has 11 aromatic carbocycles. The Kier molecular flexibility index (Phi) is 10.6. The van der Waals surface area contributed by atoms with Crippen molar-refractivity contribution in [1.82, 2.24) is 0 Å². The highest BCUT2D eigenvalue weighted by atomic mass is 15.1. The van der Waals surface area contributed by atoms with Gasteiger partial charge < -0.3 is 4.90 Å². The van der Waals surface area contributed by atoms with E-state index in [1.807, 2.05) is 0 Å². The molecular weight excluding hydrogens is 891 g/mol. The first-order valence-corrected chi connectivity index (χ1v) is 26.2. The van der Waals surface area contributed by atoms with Gasteiger partial charge in [-0.3, -0.25) is 0 Å². The van der Waals surface area contributed by atoms with Crippen LogP contribution in [0.25, 0.3) is 77.5 Å². The average Bonchev–Trinajstić information content (AvgIpc) is 4.03. The Balaban J connectivity index is 1.10. The van der Waals surface area contributed by atoms with Gasteiger partial charge >= 0.3 is 0 Å². The number of anilines is 3. The van der Waals surface area contributed by atoms with Crippen molar-refractivity contribution in [1.29, 1.82) is 0 Å². The number of hydrogen-bond acceptors (Lipinski definition) is 1. The first-order chi connectivity index (χ1) is 36.0. The zero-order valence-corrected chi connectivity index (χ0v) is 43.1. The van der Waals surface area contributed by atoms with Crippen LogP contribution in [-0.4, -0.2) is 0 Å². The van der Waals surface area contributed by atoms with Crippen LogP contribution in [-0.2, 0) is 16.2 Å². The van der Waals surface area contributed by atoms with Gasteiger partial charge in [0, 0.05) is 16.8 Å². The lowest BCUT2D eigenvalue weighted by Gasteiger charge is -2.34. The van der Waals surface area contributed by atoms with Gasteiger partial charge in [0.25, 0.3) is 0 Å². The van der Waals surface area contributed by atoms with E-state index >= 15 is 0 Å². The van der Waals surface area contributed by atoms with Gasteiger partial charge in [0.15, 0.2) is 0 Å². The van der Waals surface area contributed by atoms with E-state index in [9.17, 15) is 0 Å². The van der Waals surface area contributed by atoms with Gasteiger partial charge in [-0.05, 0) is 135 Å². The summed E-state index contributed by atoms with van der Waals surface area (Å²) in [4.78, 5) is 2.56. The SMILES string of the molecule is CC(C)(C)c1ccc2c(c1)C1(c3ccccc3-c3ccc(N(c4ccccc4-c4ccc(-c5ccccc5)cc4)c4ccccc4-c4cccc5cccc(-c6ccccc6)c45)cc31)c1cc(C(C)(C)C)ccc1-2. The Labute approximate surface area is 437 Å². The number of para-hydroxylation sites is 2. The first-order valence-electron chi connectivity index (χ1n) is 26.2. The van der Waals surface area contributed by atoms with Gasteiger partial charge in [-0.1, -0.05) is 266 Å². The monoisotopic (exact) mass is 949 g/mol. The number of benzene rings is 11. The fraction of sp³-hybridized carbons (Fsp3) is 0.123. The van der Waals surface area contributed by atoms with Gasteiger partial charge in [-0.15, -0.1) is 0 Å². The molecule has 2 aliphatic rings. The van der Waals surface area contributed by atoms with Crippen molar-refractivity contribution in [2.45, 2.75) is 57.8 Å². The maximum Gasteiger partial charge on any atom is 0.0726 e. The van der Waals surface area contributed by atoms with Crippen LogP contribution in [0.2, 0.25) is 0 Å². The Morgan fingerprint density at radius 1 is 0.284 bits per heavy atom. The summed E-state index contributed by atoms with van der Waals surface area (Å²) in [6, 6.07) is 93.5. The van der Waals surface area contributed by atoms with Crippen molar-refractivity contribution in [2.75, 3.05) is 4.90 Å². The summed E-state index contributed by atoms with van der Waals surface area (Å²) in [5, 5.41) is 2.45. The van der Waals surface area contributed by atoms with Crippen molar-refractivity contribution in [3.8, 4) is 66.8 Å². The second-order valence-electron chi connectivity index (χ2n) is 22.4. The smallest absolute Gasteiger partial charge is 0.0726 e. The molecule has 11 aromatic rings. The molecule has 0 atom stereocenters. The highest BCUT2D eigenvalue weighted by molar-refractivity contribution is 6.09. The maximum atomic E-state index is 2.56. The molecule has 0 amide bonds. The first kappa shape index (κ1) is 45.4. The third-order valence-corrected chi connectivity index (χ3v) is 16.0. The van der Waals surface area contributed by atoms with Crippen molar-refractivity contribution in [3.05, 3.63) is 282 Å². The Hall–Kier alpha value is -8.52. The molecule has 0 saturated heterocycles. The van der Waals surface area contributed by atoms with Crippen LogP contribution < -0.4 is 4.90 Å². The van der Waals surface area contributed by atoms with Gasteiger partial charge in [-0.25, -0.2) is 0 Å². The summed E-state index contributed by atoms with van der Waals surface area (Å²) in [7, 11) is 0. The molecule has 356 valence electrons. The fourth-order valence-corrected chi connectivity index (χ4v) is 12.4. The fourth-order valence-electron chi connectivity index (χ4n) is 12.4. The Bertz CT molecular complexity index is 3890. The normalized spacial score (nSPS) is 13.1. The summed E-state index contributed by atoms with van der Waals surface area (Å²) in [5.41, 5.74) is 25.5. The molecule has 1 heteroatoms. The van der Waals surface area contributed by atoms with Crippen LogP contribution in [0.15, 0.2) is 249 Å². The molecule has 13 rings (SSSR count). The van der Waals surface area contributed by atoms with E-state index in [4.69, 9.17) is 0 Å². The van der Waals surface area contributed by atoms with E-state index in [-0.39, 0.29) is 10.8 Å². The molecule has 0 heterocycles. The van der Waals surface area contributed by atoms with Crippen LogP contribution in [0.1, 0.15) is 74.9 Å². The molecule has 0 aliphatic heterocycles. The largest absolute Gasteiger partial charge is 0.309 e. The van der Waals surface area contributed by atoms with Crippen molar-refractivity contribution >= 4 is 27.8 Å². The summed E-state index contributed by atoms with van der Waals surface area (Å²) in [5.74, 6) is 0. The van der Waals surface area contributed by atoms with Crippen LogP contribution in [0.4, 0.5) is 17.1 Å². The van der Waals surface area contributed by atoms with E-state index < -0.39 is 5.41 Å². The van der Waals surface area contributed by atoms with E-state index in [1.165, 1.54) is 94.2 Å². The summed E-state index contributed by atoms with van der Waals surface area (Å²) in [6.45, 7) is 14.1. The quantitative estimate of drug-likeness (QED) is 0.154. The lowest BCUT2D eigenvalue weighted by molar-refractivity contribution is 0.586. The van der Waals surface area contributed by atoms with Crippen molar-refractivity contribution in [2.24, 2.45) is 0 Å². The molecular formula is C73H59N. The molecule has 0 radical (unpaired) electrons. The highest BCUT2D eigenvalue weighted by Gasteiger charge is 2.52. The molecule has 1 spiro atoms. The topological polar surface area (TPSA) is 3.24 Å². The Morgan fingerprint density at radius 3 is 1.31 bits per heavy atom. The number of rotatable bonds is 7. The zero-order valence-electron chi connectivity index (χ0n) is 43.1. The van der Waals surface area contributed by atoms with Gasteiger partial charge in [0.1, 0.15) is 0 Å². The van der Waals surface area contributed by atoms with E-state index in [0.717, 1.165) is 33.8 Å². The maximum absolute atomic E-state index is 2.56. The number of hydrogen-bond donors (Lipinski definition) is 0. The highest BCUT2D eigenvalue weighted by Crippen LogP contribution is 2.64. The van der Waals surface area contributed by atoms with Crippen LogP contribution in [0.5, 0.6) is 0 Å². The summed E-state index contributed by atoms with van der Waals surface area (Å²) < 4.78 is 0. The molecule has 74 heavy (non-hydrogen) atoms. The van der Waals surface area contributed by atoms with Crippen LogP contribution in [0.3, 0.4) is 0 Å². The standard InChI is InChI=1S/C73H59N/c1-71(2,3)53-39-42-59-60-43-40-54(72(4,5)6)46-66(60)73(65(59)45-53)64-32-16-13-28-58(64)61-44-41-55(47-67(61)73)74(68-33-17-14-27-56(68)51-37-35-49(36-38-51)48-21-9-7-10-22-48)69-34-18-15-29-62(69)63-31-20-26-52-25-19-30-57(70(52)63)50-23-11-8-12-24-50/h7-47H,1-6H3. The molecule has 0 unspecified atom stereocenters. The lowest BCUT2D eigenvalue weighted by Crippen LogP contribution is -2.27. The lowest BCUT2D eigenvalue weighted by atomic mass is 9.68. The van der Waals surface area contributed by atoms with E-state index in [1.54, 1.807) is 0 Å². The van der Waals surface area contributed by atoms with Crippen LogP contribution >= 0.6 is 0 Å². The second kappa shape index (κ2) is 17.3. The van der Waals surface area contributed by atoms with Gasteiger partial charge in [-0.2, -0.15) is 0 Å². The van der Waals surface area contributed by atoms with Crippen molar-refractivity contribution < 1.29 is 0 Å².